The Labute approximate surface area is 118 Å². The van der Waals surface area contributed by atoms with Gasteiger partial charge in [-0.25, -0.2) is 5.01 Å². The number of Topliss-reactive ketones (excluding diaryl/α,β-unsaturated/α-hetero) is 1. The number of hydrogen-bond donors (Lipinski definition) is 1. The van der Waals surface area contributed by atoms with Crippen molar-refractivity contribution < 1.29 is 4.79 Å². The summed E-state index contributed by atoms with van der Waals surface area (Å²) in [4.78, 5) is 12.1. The topological polar surface area (TPSA) is 56.1 Å². The molecule has 0 spiro atoms. The highest BCUT2D eigenvalue weighted by Gasteiger charge is 2.39. The lowest BCUT2D eigenvalue weighted by Crippen LogP contribution is -2.42. The molecule has 0 aromatic heterocycles. The van der Waals surface area contributed by atoms with E-state index in [0.717, 1.165) is 24.1 Å². The normalized spacial score (nSPS) is 21.8. The Hall–Kier alpha value is -2.12. The van der Waals surface area contributed by atoms with Crippen molar-refractivity contribution in [3.05, 3.63) is 47.2 Å². The van der Waals surface area contributed by atoms with Crippen LogP contribution in [0, 0.1) is 11.3 Å². The predicted octanol–water partition coefficient (Wildman–Crippen LogP) is 1.95. The van der Waals surface area contributed by atoms with Crippen LogP contribution in [0.25, 0.3) is 0 Å². The Kier molecular flexibility index (Phi) is 3.53. The van der Waals surface area contributed by atoms with Crippen molar-refractivity contribution in [3.8, 4) is 6.07 Å². The number of nitriles is 1. The van der Waals surface area contributed by atoms with E-state index in [1.54, 1.807) is 0 Å². The fourth-order valence-corrected chi connectivity index (χ4v) is 3.02. The molecule has 0 bridgehead atoms. The van der Waals surface area contributed by atoms with Crippen LogP contribution in [-0.2, 0) is 11.2 Å². The van der Waals surface area contributed by atoms with Crippen LogP contribution in [0.2, 0.25) is 0 Å². The van der Waals surface area contributed by atoms with E-state index in [2.05, 4.69) is 28.6 Å². The molecule has 2 aliphatic rings. The Morgan fingerprint density at radius 3 is 2.85 bits per heavy atom. The van der Waals surface area contributed by atoms with Crippen molar-refractivity contribution in [1.29, 1.82) is 5.26 Å². The molecule has 0 saturated carbocycles. The number of nitrogens with one attached hydrogen (secondary N) is 1. The number of hydrazine groups is 1. The number of hydrogen-bond acceptors (Lipinski definition) is 4. The molecule has 0 amide bonds. The van der Waals surface area contributed by atoms with E-state index < -0.39 is 0 Å². The van der Waals surface area contributed by atoms with Gasteiger partial charge in [0.05, 0.1) is 12.1 Å². The van der Waals surface area contributed by atoms with Gasteiger partial charge in [0.25, 0.3) is 0 Å². The van der Waals surface area contributed by atoms with Gasteiger partial charge in [0.2, 0.25) is 0 Å². The quantitative estimate of drug-likeness (QED) is 0.906. The fourth-order valence-electron chi connectivity index (χ4n) is 3.02. The molecule has 0 radical (unpaired) electrons. The van der Waals surface area contributed by atoms with E-state index in [1.807, 2.05) is 18.2 Å². The molecule has 1 unspecified atom stereocenters. The zero-order valence-corrected chi connectivity index (χ0v) is 11.3. The van der Waals surface area contributed by atoms with Crippen LogP contribution in [-0.4, -0.2) is 23.4 Å². The molecule has 20 heavy (non-hydrogen) atoms. The number of ketones is 1. The van der Waals surface area contributed by atoms with E-state index in [1.165, 1.54) is 5.56 Å². The second-order valence-electron chi connectivity index (χ2n) is 5.23. The van der Waals surface area contributed by atoms with Crippen LogP contribution >= 0.6 is 0 Å². The molecule has 0 fully saturated rings. The Morgan fingerprint density at radius 1 is 1.30 bits per heavy atom. The average Bonchev–Trinajstić information content (AvgIpc) is 2.99. The monoisotopic (exact) mass is 267 g/mol. The van der Waals surface area contributed by atoms with Crippen LogP contribution in [0.4, 0.5) is 0 Å². The molecule has 1 heterocycles. The van der Waals surface area contributed by atoms with Crippen molar-refractivity contribution in [2.45, 2.75) is 31.7 Å². The SMILES string of the molecule is N#CCCN1NC2=C(C(=O)CC2)C1Cc1ccccc1. The van der Waals surface area contributed by atoms with Crippen molar-refractivity contribution in [2.75, 3.05) is 6.54 Å². The third-order valence-corrected chi connectivity index (χ3v) is 3.95. The fraction of sp³-hybridized carbons (Fsp3) is 0.375. The summed E-state index contributed by atoms with van der Waals surface area (Å²) in [7, 11) is 0. The van der Waals surface area contributed by atoms with Gasteiger partial charge >= 0.3 is 0 Å². The Morgan fingerprint density at radius 2 is 2.10 bits per heavy atom. The molecule has 4 heteroatoms. The summed E-state index contributed by atoms with van der Waals surface area (Å²) in [5.41, 5.74) is 6.55. The minimum absolute atomic E-state index is 0.0655. The van der Waals surface area contributed by atoms with Gasteiger partial charge in [-0.3, -0.25) is 4.79 Å². The van der Waals surface area contributed by atoms with E-state index in [-0.39, 0.29) is 11.8 Å². The molecular formula is C16H17N3O. The third kappa shape index (κ3) is 2.33. The number of carbonyl (C=O) groups is 1. The first-order valence-electron chi connectivity index (χ1n) is 7.00. The van der Waals surface area contributed by atoms with Gasteiger partial charge in [-0.05, 0) is 18.4 Å². The molecule has 1 atom stereocenters. The maximum Gasteiger partial charge on any atom is 0.162 e. The van der Waals surface area contributed by atoms with Crippen LogP contribution in [0.5, 0.6) is 0 Å². The molecule has 1 aromatic rings. The van der Waals surface area contributed by atoms with Crippen LogP contribution in [0.15, 0.2) is 41.6 Å². The summed E-state index contributed by atoms with van der Waals surface area (Å²) < 4.78 is 0. The zero-order chi connectivity index (χ0) is 13.9. The summed E-state index contributed by atoms with van der Waals surface area (Å²) in [6, 6.07) is 12.4. The van der Waals surface area contributed by atoms with Crippen molar-refractivity contribution >= 4 is 5.78 Å². The van der Waals surface area contributed by atoms with Crippen LogP contribution in [0.1, 0.15) is 24.8 Å². The lowest BCUT2D eigenvalue weighted by Gasteiger charge is -2.26. The number of carbonyl (C=O) groups excluding carboxylic acids is 1. The molecule has 3 rings (SSSR count). The summed E-state index contributed by atoms with van der Waals surface area (Å²) in [6.45, 7) is 0.647. The molecule has 102 valence electrons. The summed E-state index contributed by atoms with van der Waals surface area (Å²) in [6.07, 6.45) is 2.70. The maximum atomic E-state index is 12.1. The highest BCUT2D eigenvalue weighted by molar-refractivity contribution is 6.00. The average molecular weight is 267 g/mol. The van der Waals surface area contributed by atoms with Crippen molar-refractivity contribution in [3.63, 3.8) is 0 Å². The summed E-state index contributed by atoms with van der Waals surface area (Å²) in [5, 5.41) is 10.8. The highest BCUT2D eigenvalue weighted by atomic mass is 16.1. The third-order valence-electron chi connectivity index (χ3n) is 3.95. The Bertz CT molecular complexity index is 585. The first-order valence-corrected chi connectivity index (χ1v) is 7.00. The summed E-state index contributed by atoms with van der Waals surface area (Å²) >= 11 is 0. The minimum Gasteiger partial charge on any atom is -0.322 e. The molecule has 0 saturated heterocycles. The van der Waals surface area contributed by atoms with Crippen molar-refractivity contribution in [2.24, 2.45) is 0 Å². The lowest BCUT2D eigenvalue weighted by atomic mass is 9.97. The van der Waals surface area contributed by atoms with E-state index in [9.17, 15) is 4.79 Å². The first kappa shape index (κ1) is 12.9. The first-order chi connectivity index (χ1) is 9.79. The number of rotatable bonds is 4. The van der Waals surface area contributed by atoms with Crippen LogP contribution < -0.4 is 5.43 Å². The lowest BCUT2D eigenvalue weighted by molar-refractivity contribution is -0.115. The minimum atomic E-state index is 0.0655. The van der Waals surface area contributed by atoms with Gasteiger partial charge in [0, 0.05) is 30.7 Å². The standard InChI is InChI=1S/C16H17N3O/c17-9-4-10-19-14(11-12-5-2-1-3-6-12)16-13(18-19)7-8-15(16)20/h1-3,5-6,14,18H,4,7-8,10-11H2. The maximum absolute atomic E-state index is 12.1. The largest absolute Gasteiger partial charge is 0.322 e. The molecule has 1 N–H and O–H groups in total. The van der Waals surface area contributed by atoms with Gasteiger partial charge in [-0.15, -0.1) is 0 Å². The predicted molar refractivity (Wildman–Crippen MR) is 75.3 cm³/mol. The number of nitrogens with zero attached hydrogens (tertiary/aromatic N) is 2. The molecule has 1 aliphatic carbocycles. The van der Waals surface area contributed by atoms with E-state index in [4.69, 9.17) is 5.26 Å². The summed E-state index contributed by atoms with van der Waals surface area (Å²) in [5.74, 6) is 0.257. The zero-order valence-electron chi connectivity index (χ0n) is 11.3. The van der Waals surface area contributed by atoms with Gasteiger partial charge in [0.1, 0.15) is 0 Å². The van der Waals surface area contributed by atoms with Gasteiger partial charge < -0.3 is 5.43 Å². The Balaban J connectivity index is 1.82. The van der Waals surface area contributed by atoms with Gasteiger partial charge in [-0.1, -0.05) is 30.3 Å². The van der Waals surface area contributed by atoms with E-state index in [0.29, 0.717) is 19.4 Å². The van der Waals surface area contributed by atoms with Gasteiger partial charge in [-0.2, -0.15) is 5.26 Å². The molecule has 1 aliphatic heterocycles. The van der Waals surface area contributed by atoms with Crippen molar-refractivity contribution in [1.82, 2.24) is 10.4 Å². The molecule has 1 aromatic carbocycles. The smallest absolute Gasteiger partial charge is 0.162 e. The van der Waals surface area contributed by atoms with Gasteiger partial charge in [0.15, 0.2) is 5.78 Å². The number of benzene rings is 1. The second-order valence-corrected chi connectivity index (χ2v) is 5.23. The van der Waals surface area contributed by atoms with Crippen LogP contribution in [0.3, 0.4) is 0 Å². The molecular weight excluding hydrogens is 250 g/mol. The second kappa shape index (κ2) is 5.48. The highest BCUT2D eigenvalue weighted by Crippen LogP contribution is 2.33. The van der Waals surface area contributed by atoms with E-state index >= 15 is 0 Å². The molecule has 4 nitrogen and oxygen atoms in total. The number of allylic oxidation sites excluding steroid dienone is 1.